The maximum absolute atomic E-state index is 5.37. The summed E-state index contributed by atoms with van der Waals surface area (Å²) in [5, 5.41) is 0. The number of hydrogen-bond acceptors (Lipinski definition) is 1. The van der Waals surface area contributed by atoms with Crippen molar-refractivity contribution >= 4 is 0 Å². The Labute approximate surface area is 117 Å². The first-order chi connectivity index (χ1) is 9.29. The van der Waals surface area contributed by atoms with E-state index in [2.05, 4.69) is 32.0 Å². The molecule has 0 bridgehead atoms. The molecule has 0 amide bonds. The molecule has 0 N–H and O–H groups in total. The Balaban J connectivity index is 0.000000250. The first-order valence-corrected chi connectivity index (χ1v) is 6.92. The minimum absolute atomic E-state index is 1.07. The smallest absolute Gasteiger partial charge is 0.124 e. The van der Waals surface area contributed by atoms with Crippen molar-refractivity contribution < 1.29 is 4.74 Å². The highest BCUT2D eigenvalue weighted by Crippen LogP contribution is 2.24. The van der Waals surface area contributed by atoms with E-state index in [1.54, 1.807) is 7.11 Å². The van der Waals surface area contributed by atoms with Crippen LogP contribution in [0.1, 0.15) is 30.9 Å². The molecule has 0 aromatic heterocycles. The molecule has 19 heavy (non-hydrogen) atoms. The van der Waals surface area contributed by atoms with E-state index in [0.29, 0.717) is 0 Å². The van der Waals surface area contributed by atoms with Gasteiger partial charge in [-0.3, -0.25) is 0 Å². The largest absolute Gasteiger partial charge is 0.496 e. The summed E-state index contributed by atoms with van der Waals surface area (Å²) in [6, 6.07) is 18.3. The van der Waals surface area contributed by atoms with Crippen LogP contribution in [-0.4, -0.2) is 7.11 Å². The Morgan fingerprint density at radius 2 is 1.47 bits per heavy atom. The van der Waals surface area contributed by atoms with Crippen LogP contribution in [0, 0.1) is 6.92 Å². The molecule has 0 saturated carbocycles. The van der Waals surface area contributed by atoms with Gasteiger partial charge >= 0.3 is 0 Å². The van der Waals surface area contributed by atoms with Gasteiger partial charge in [0.15, 0.2) is 0 Å². The van der Waals surface area contributed by atoms with Gasteiger partial charge in [0.2, 0.25) is 0 Å². The van der Waals surface area contributed by atoms with Gasteiger partial charge in [-0.2, -0.15) is 0 Å². The number of para-hydroxylation sites is 1. The summed E-state index contributed by atoms with van der Waals surface area (Å²) in [6.07, 6.45) is 3.60. The lowest BCUT2D eigenvalue weighted by molar-refractivity contribution is 0.406. The number of methoxy groups -OCH3 is 1. The third-order valence-electron chi connectivity index (χ3n) is 2.96. The molecule has 0 radical (unpaired) electrons. The quantitative estimate of drug-likeness (QED) is 0.745. The second-order valence-electron chi connectivity index (χ2n) is 4.53. The molecule has 0 saturated heterocycles. The van der Waals surface area contributed by atoms with Gasteiger partial charge in [-0.15, -0.1) is 0 Å². The number of rotatable bonds is 4. The fourth-order valence-electron chi connectivity index (χ4n) is 1.95. The first kappa shape index (κ1) is 15.3. The van der Waals surface area contributed by atoms with Crippen LogP contribution in [0.15, 0.2) is 54.6 Å². The van der Waals surface area contributed by atoms with Crippen molar-refractivity contribution in [1.82, 2.24) is 0 Å². The van der Waals surface area contributed by atoms with Gasteiger partial charge in [-0.25, -0.2) is 0 Å². The molecule has 1 heteroatoms. The standard InChI is InChI=1S/C12H18O.C6H6/c1-4-5-8-11-9-6-7-10(2)12(11)13-3;1-2-4-6-5-3-1/h6-7,9H,4-5,8H2,1-3H3;1-6H. The fraction of sp³-hybridized carbons (Fsp3) is 0.333. The molecular formula is C18H24O. The van der Waals surface area contributed by atoms with Crippen molar-refractivity contribution in [2.75, 3.05) is 7.11 Å². The van der Waals surface area contributed by atoms with Gasteiger partial charge in [-0.05, 0) is 30.9 Å². The molecule has 102 valence electrons. The highest BCUT2D eigenvalue weighted by molar-refractivity contribution is 5.40. The Morgan fingerprint density at radius 1 is 0.895 bits per heavy atom. The number of benzene rings is 2. The molecule has 0 aliphatic carbocycles. The monoisotopic (exact) mass is 256 g/mol. The van der Waals surface area contributed by atoms with E-state index in [1.165, 1.54) is 24.0 Å². The van der Waals surface area contributed by atoms with Crippen LogP contribution < -0.4 is 4.74 Å². The Hall–Kier alpha value is -1.76. The summed E-state index contributed by atoms with van der Waals surface area (Å²) in [6.45, 7) is 4.30. The number of aryl methyl sites for hydroxylation is 2. The Bertz CT molecular complexity index is 422. The van der Waals surface area contributed by atoms with E-state index in [0.717, 1.165) is 12.2 Å². The minimum Gasteiger partial charge on any atom is -0.496 e. The van der Waals surface area contributed by atoms with Crippen LogP contribution in [0.2, 0.25) is 0 Å². The predicted molar refractivity (Wildman–Crippen MR) is 82.8 cm³/mol. The number of hydrogen-bond donors (Lipinski definition) is 0. The van der Waals surface area contributed by atoms with Crippen LogP contribution >= 0.6 is 0 Å². The van der Waals surface area contributed by atoms with E-state index in [1.807, 2.05) is 36.4 Å². The normalized spacial score (nSPS) is 9.42. The van der Waals surface area contributed by atoms with Gasteiger partial charge in [0.05, 0.1) is 7.11 Å². The zero-order valence-corrected chi connectivity index (χ0v) is 12.2. The summed E-state index contributed by atoms with van der Waals surface area (Å²) >= 11 is 0. The predicted octanol–water partition coefficient (Wildman–Crippen LogP) is 5.03. The molecule has 0 fully saturated rings. The summed E-state index contributed by atoms with van der Waals surface area (Å²) in [5.74, 6) is 1.07. The van der Waals surface area contributed by atoms with Crippen LogP contribution in [0.3, 0.4) is 0 Å². The van der Waals surface area contributed by atoms with E-state index in [-0.39, 0.29) is 0 Å². The molecule has 0 aliphatic heterocycles. The maximum atomic E-state index is 5.37. The first-order valence-electron chi connectivity index (χ1n) is 6.92. The topological polar surface area (TPSA) is 9.23 Å². The van der Waals surface area contributed by atoms with E-state index < -0.39 is 0 Å². The SMILES string of the molecule is CCCCc1cccc(C)c1OC.c1ccccc1. The van der Waals surface area contributed by atoms with E-state index in [4.69, 9.17) is 4.74 Å². The molecule has 2 aromatic rings. The van der Waals surface area contributed by atoms with Gasteiger partial charge < -0.3 is 4.74 Å². The zero-order chi connectivity index (χ0) is 13.9. The summed E-state index contributed by atoms with van der Waals surface area (Å²) < 4.78 is 5.37. The number of unbranched alkanes of at least 4 members (excludes halogenated alkanes) is 1. The lowest BCUT2D eigenvalue weighted by Gasteiger charge is -2.10. The van der Waals surface area contributed by atoms with Crippen LogP contribution in [0.5, 0.6) is 5.75 Å². The second kappa shape index (κ2) is 9.21. The second-order valence-corrected chi connectivity index (χ2v) is 4.53. The van der Waals surface area contributed by atoms with Crippen molar-refractivity contribution in [3.05, 3.63) is 65.7 Å². The molecule has 2 aromatic carbocycles. The molecule has 0 heterocycles. The Kier molecular flexibility index (Phi) is 7.41. The third kappa shape index (κ3) is 5.60. The van der Waals surface area contributed by atoms with Gasteiger partial charge in [0, 0.05) is 0 Å². The molecule has 1 nitrogen and oxygen atoms in total. The minimum atomic E-state index is 1.07. The summed E-state index contributed by atoms with van der Waals surface area (Å²) in [4.78, 5) is 0. The highest BCUT2D eigenvalue weighted by Gasteiger charge is 2.03. The lowest BCUT2D eigenvalue weighted by atomic mass is 10.0. The average Bonchev–Trinajstić information content (AvgIpc) is 2.47. The molecule has 0 unspecified atom stereocenters. The molecular weight excluding hydrogens is 232 g/mol. The molecule has 0 aliphatic rings. The fourth-order valence-corrected chi connectivity index (χ4v) is 1.95. The summed E-state index contributed by atoms with van der Waals surface area (Å²) in [7, 11) is 1.75. The van der Waals surface area contributed by atoms with Crippen LogP contribution in [0.25, 0.3) is 0 Å². The van der Waals surface area contributed by atoms with Crippen molar-refractivity contribution in [2.45, 2.75) is 33.1 Å². The zero-order valence-electron chi connectivity index (χ0n) is 12.2. The maximum Gasteiger partial charge on any atom is 0.124 e. The Morgan fingerprint density at radius 3 is 1.95 bits per heavy atom. The van der Waals surface area contributed by atoms with Gasteiger partial charge in [0.25, 0.3) is 0 Å². The van der Waals surface area contributed by atoms with E-state index >= 15 is 0 Å². The lowest BCUT2D eigenvalue weighted by Crippen LogP contribution is -1.94. The number of ether oxygens (including phenoxy) is 1. The molecule has 0 spiro atoms. The molecule has 2 rings (SSSR count). The third-order valence-corrected chi connectivity index (χ3v) is 2.96. The highest BCUT2D eigenvalue weighted by atomic mass is 16.5. The van der Waals surface area contributed by atoms with Crippen molar-refractivity contribution in [3.63, 3.8) is 0 Å². The van der Waals surface area contributed by atoms with Crippen molar-refractivity contribution in [3.8, 4) is 5.75 Å². The average molecular weight is 256 g/mol. The van der Waals surface area contributed by atoms with E-state index in [9.17, 15) is 0 Å². The van der Waals surface area contributed by atoms with Gasteiger partial charge in [-0.1, -0.05) is 67.9 Å². The van der Waals surface area contributed by atoms with Crippen molar-refractivity contribution in [1.29, 1.82) is 0 Å². The van der Waals surface area contributed by atoms with Gasteiger partial charge in [0.1, 0.15) is 5.75 Å². The van der Waals surface area contributed by atoms with Crippen LogP contribution in [0.4, 0.5) is 0 Å². The van der Waals surface area contributed by atoms with Crippen LogP contribution in [-0.2, 0) is 6.42 Å². The summed E-state index contributed by atoms with van der Waals surface area (Å²) in [5.41, 5.74) is 2.57. The van der Waals surface area contributed by atoms with Crippen molar-refractivity contribution in [2.24, 2.45) is 0 Å². The molecule has 0 atom stereocenters.